The molecule has 4 aromatic rings. The van der Waals surface area contributed by atoms with Gasteiger partial charge in [0.1, 0.15) is 17.5 Å². The Morgan fingerprint density at radius 1 is 1.27 bits per heavy atom. The highest BCUT2D eigenvalue weighted by Gasteiger charge is 2.22. The maximum Gasteiger partial charge on any atom is 0.284 e. The number of rotatable bonds is 1. The van der Waals surface area contributed by atoms with Gasteiger partial charge in [-0.2, -0.15) is 10.2 Å². The monoisotopic (exact) mass is 363 g/mol. The normalized spacial score (nSPS) is 12.6. The number of thiazole rings is 1. The molecule has 126 valence electrons. The molecule has 1 aromatic carbocycles. The van der Waals surface area contributed by atoms with Crippen LogP contribution in [0.4, 0.5) is 5.82 Å². The van der Waals surface area contributed by atoms with Crippen molar-refractivity contribution >= 4 is 33.1 Å². The Morgan fingerprint density at radius 2 is 2.12 bits per heavy atom. The van der Waals surface area contributed by atoms with Crippen molar-refractivity contribution in [2.45, 2.75) is 0 Å². The van der Waals surface area contributed by atoms with Gasteiger partial charge in [-0.15, -0.1) is 11.3 Å². The topological polar surface area (TPSA) is 116 Å². The van der Waals surface area contributed by atoms with Gasteiger partial charge in [-0.25, -0.2) is 4.98 Å². The number of hydrogen-bond acceptors (Lipinski definition) is 8. The predicted octanol–water partition coefficient (Wildman–Crippen LogP) is 2.15. The van der Waals surface area contributed by atoms with Crippen LogP contribution in [-0.4, -0.2) is 21.2 Å². The number of nitrogens with zero attached hydrogens (tertiary/aromatic N) is 4. The van der Waals surface area contributed by atoms with Crippen LogP contribution in [0.25, 0.3) is 27.1 Å². The van der Waals surface area contributed by atoms with Crippen LogP contribution in [0.3, 0.4) is 0 Å². The summed E-state index contributed by atoms with van der Waals surface area (Å²) in [6.45, 7) is 0.128. The van der Waals surface area contributed by atoms with Crippen LogP contribution >= 0.6 is 11.3 Å². The van der Waals surface area contributed by atoms with Crippen molar-refractivity contribution in [2.75, 3.05) is 12.5 Å². The number of nitrogens with two attached hydrogens (primary N) is 1. The van der Waals surface area contributed by atoms with Gasteiger partial charge in [-0.3, -0.25) is 9.20 Å². The number of pyridine rings is 1. The van der Waals surface area contributed by atoms with E-state index in [2.05, 4.69) is 16.0 Å². The standard InChI is InChI=1S/C17H9N5O3S/c18-6-9-12(8-1-2-10-11(5-8)25-7-24-10)13-15(20-14(9)19)22-3-4-26-17(22)21-16(13)23/h1-5H,7H2,(H2,19,20). The van der Waals surface area contributed by atoms with Crippen LogP contribution in [0, 0.1) is 11.3 Å². The van der Waals surface area contributed by atoms with E-state index in [4.69, 9.17) is 15.2 Å². The fourth-order valence-corrected chi connectivity index (χ4v) is 3.78. The van der Waals surface area contributed by atoms with E-state index in [1.807, 2.05) is 0 Å². The quantitative estimate of drug-likeness (QED) is 0.551. The number of nitriles is 1. The predicted molar refractivity (Wildman–Crippen MR) is 95.3 cm³/mol. The molecule has 3 aromatic heterocycles. The lowest BCUT2D eigenvalue weighted by Gasteiger charge is -2.11. The lowest BCUT2D eigenvalue weighted by molar-refractivity contribution is 0.174. The van der Waals surface area contributed by atoms with Gasteiger partial charge in [0.25, 0.3) is 5.56 Å². The van der Waals surface area contributed by atoms with E-state index in [0.717, 1.165) is 0 Å². The van der Waals surface area contributed by atoms with E-state index in [1.54, 1.807) is 34.2 Å². The summed E-state index contributed by atoms with van der Waals surface area (Å²) in [5, 5.41) is 11.7. The van der Waals surface area contributed by atoms with Crippen molar-refractivity contribution in [2.24, 2.45) is 0 Å². The first-order chi connectivity index (χ1) is 12.7. The molecule has 0 atom stereocenters. The van der Waals surface area contributed by atoms with Gasteiger partial charge in [0.15, 0.2) is 22.1 Å². The Bertz CT molecular complexity index is 1320. The number of nitrogen functional groups attached to an aromatic ring is 1. The molecule has 8 nitrogen and oxygen atoms in total. The molecule has 0 unspecified atom stereocenters. The molecule has 0 bridgehead atoms. The molecule has 0 spiro atoms. The molecule has 0 amide bonds. The summed E-state index contributed by atoms with van der Waals surface area (Å²) < 4.78 is 12.4. The van der Waals surface area contributed by atoms with Crippen LogP contribution < -0.4 is 20.8 Å². The first kappa shape index (κ1) is 14.7. The summed E-state index contributed by atoms with van der Waals surface area (Å²) in [5.41, 5.74) is 7.08. The van der Waals surface area contributed by atoms with Crippen molar-refractivity contribution in [3.63, 3.8) is 0 Å². The summed E-state index contributed by atoms with van der Waals surface area (Å²) in [7, 11) is 0. The van der Waals surface area contributed by atoms with Crippen LogP contribution in [0.1, 0.15) is 5.56 Å². The van der Waals surface area contributed by atoms with E-state index < -0.39 is 5.56 Å². The van der Waals surface area contributed by atoms with Crippen LogP contribution in [0.2, 0.25) is 0 Å². The molecular weight excluding hydrogens is 354 g/mol. The SMILES string of the molecule is N#Cc1c(N)nc2c(c1-c1ccc3c(c1)OCO3)c(=O)nc1sccn12. The summed E-state index contributed by atoms with van der Waals surface area (Å²) in [6.07, 6.45) is 1.76. The molecule has 26 heavy (non-hydrogen) atoms. The highest BCUT2D eigenvalue weighted by molar-refractivity contribution is 7.15. The van der Waals surface area contributed by atoms with Gasteiger partial charge < -0.3 is 15.2 Å². The van der Waals surface area contributed by atoms with E-state index in [0.29, 0.717) is 33.2 Å². The van der Waals surface area contributed by atoms with Crippen molar-refractivity contribution in [1.29, 1.82) is 5.26 Å². The summed E-state index contributed by atoms with van der Waals surface area (Å²) in [6, 6.07) is 7.27. The molecule has 1 aliphatic rings. The molecule has 4 heterocycles. The van der Waals surface area contributed by atoms with Crippen molar-refractivity contribution < 1.29 is 9.47 Å². The van der Waals surface area contributed by atoms with Gasteiger partial charge in [0, 0.05) is 17.1 Å². The first-order valence-electron chi connectivity index (χ1n) is 7.56. The molecule has 5 rings (SSSR count). The summed E-state index contributed by atoms with van der Waals surface area (Å²) in [4.78, 5) is 21.6. The van der Waals surface area contributed by atoms with Crippen LogP contribution in [0.5, 0.6) is 11.5 Å². The van der Waals surface area contributed by atoms with Gasteiger partial charge in [-0.1, -0.05) is 6.07 Å². The molecule has 9 heteroatoms. The molecule has 0 aliphatic carbocycles. The highest BCUT2D eigenvalue weighted by Crippen LogP contribution is 2.39. The lowest BCUT2D eigenvalue weighted by Crippen LogP contribution is -2.13. The minimum atomic E-state index is -0.459. The minimum Gasteiger partial charge on any atom is -0.454 e. The zero-order chi connectivity index (χ0) is 17.8. The van der Waals surface area contributed by atoms with Gasteiger partial charge in [0.2, 0.25) is 6.79 Å². The second-order valence-electron chi connectivity index (χ2n) is 5.60. The zero-order valence-corrected chi connectivity index (χ0v) is 13.9. The number of ether oxygens (including phenoxy) is 2. The Balaban J connectivity index is 1.97. The number of hydrogen-bond donors (Lipinski definition) is 1. The molecular formula is C17H9N5O3S. The number of benzene rings is 1. The van der Waals surface area contributed by atoms with Crippen LogP contribution in [-0.2, 0) is 0 Å². The highest BCUT2D eigenvalue weighted by atomic mass is 32.1. The minimum absolute atomic E-state index is 0.0540. The summed E-state index contributed by atoms with van der Waals surface area (Å²) in [5.74, 6) is 1.20. The zero-order valence-electron chi connectivity index (χ0n) is 13.1. The van der Waals surface area contributed by atoms with E-state index in [-0.39, 0.29) is 23.6 Å². The second-order valence-corrected chi connectivity index (χ2v) is 6.47. The van der Waals surface area contributed by atoms with Crippen LogP contribution in [0.15, 0.2) is 34.6 Å². The van der Waals surface area contributed by atoms with E-state index in [1.165, 1.54) is 11.3 Å². The third-order valence-electron chi connectivity index (χ3n) is 4.21. The van der Waals surface area contributed by atoms with Crippen molar-refractivity contribution in [1.82, 2.24) is 14.4 Å². The Labute approximate surface area is 149 Å². The van der Waals surface area contributed by atoms with E-state index in [9.17, 15) is 10.1 Å². The van der Waals surface area contributed by atoms with Gasteiger partial charge >= 0.3 is 0 Å². The Hall–Kier alpha value is -3.64. The average molecular weight is 363 g/mol. The molecule has 2 N–H and O–H groups in total. The third kappa shape index (κ3) is 1.90. The van der Waals surface area contributed by atoms with Crippen molar-refractivity contribution in [3.8, 4) is 28.7 Å². The maximum absolute atomic E-state index is 12.7. The largest absolute Gasteiger partial charge is 0.454 e. The third-order valence-corrected chi connectivity index (χ3v) is 4.96. The first-order valence-corrected chi connectivity index (χ1v) is 8.44. The Kier molecular flexibility index (Phi) is 2.92. The number of aromatic nitrogens is 3. The fraction of sp³-hybridized carbons (Fsp3) is 0.0588. The molecule has 0 saturated heterocycles. The average Bonchev–Trinajstić information content (AvgIpc) is 3.28. The maximum atomic E-state index is 12.7. The van der Waals surface area contributed by atoms with Gasteiger partial charge in [-0.05, 0) is 17.7 Å². The van der Waals surface area contributed by atoms with E-state index >= 15 is 0 Å². The smallest absolute Gasteiger partial charge is 0.284 e. The Morgan fingerprint density at radius 3 is 2.96 bits per heavy atom. The lowest BCUT2D eigenvalue weighted by atomic mass is 9.97. The van der Waals surface area contributed by atoms with Crippen molar-refractivity contribution in [3.05, 3.63) is 45.7 Å². The number of anilines is 1. The molecule has 0 fully saturated rings. The second kappa shape index (κ2) is 5.18. The van der Waals surface area contributed by atoms with Gasteiger partial charge in [0.05, 0.1) is 5.39 Å². The molecule has 1 aliphatic heterocycles. The molecule has 0 saturated carbocycles. The number of fused-ring (bicyclic) bond motifs is 4. The molecule has 0 radical (unpaired) electrons. The fourth-order valence-electron chi connectivity index (χ4n) is 3.08. The summed E-state index contributed by atoms with van der Waals surface area (Å²) >= 11 is 1.32.